The molecular formula is C15H18BrN3. The van der Waals surface area contributed by atoms with E-state index < -0.39 is 0 Å². The van der Waals surface area contributed by atoms with Crippen molar-refractivity contribution in [1.29, 1.82) is 0 Å². The van der Waals surface area contributed by atoms with Gasteiger partial charge in [0, 0.05) is 30.8 Å². The van der Waals surface area contributed by atoms with Gasteiger partial charge in [0.25, 0.3) is 0 Å². The molecule has 19 heavy (non-hydrogen) atoms. The van der Waals surface area contributed by atoms with Crippen molar-refractivity contribution in [2.24, 2.45) is 0 Å². The largest absolute Gasteiger partial charge is 0.355 e. The van der Waals surface area contributed by atoms with Crippen molar-refractivity contribution in [3.63, 3.8) is 0 Å². The third kappa shape index (κ3) is 4.04. The summed E-state index contributed by atoms with van der Waals surface area (Å²) in [6.07, 6.45) is 1.92. The van der Waals surface area contributed by atoms with E-state index in [2.05, 4.69) is 68.5 Å². The highest BCUT2D eigenvalue weighted by Gasteiger charge is 2.04. The molecule has 0 aliphatic carbocycles. The lowest BCUT2D eigenvalue weighted by Crippen LogP contribution is -2.17. The molecule has 1 N–H and O–H groups in total. The fraction of sp³-hybridized carbons (Fsp3) is 0.267. The monoisotopic (exact) mass is 319 g/mol. The van der Waals surface area contributed by atoms with Crippen LogP contribution in [0, 0.1) is 0 Å². The Hall–Kier alpha value is -1.39. The zero-order chi connectivity index (χ0) is 13.7. The number of nitrogens with one attached hydrogen (secondary N) is 1. The van der Waals surface area contributed by atoms with Gasteiger partial charge in [0.1, 0.15) is 5.82 Å². The van der Waals surface area contributed by atoms with Crippen LogP contribution in [0.3, 0.4) is 0 Å². The second-order valence-corrected chi connectivity index (χ2v) is 5.46. The van der Waals surface area contributed by atoms with Crippen molar-refractivity contribution < 1.29 is 0 Å². The Morgan fingerprint density at radius 1 is 1.21 bits per heavy atom. The molecule has 1 aromatic heterocycles. The summed E-state index contributed by atoms with van der Waals surface area (Å²) in [6, 6.07) is 12.5. The van der Waals surface area contributed by atoms with E-state index in [1.54, 1.807) is 0 Å². The Morgan fingerprint density at radius 3 is 2.68 bits per heavy atom. The van der Waals surface area contributed by atoms with E-state index in [9.17, 15) is 0 Å². The van der Waals surface area contributed by atoms with Gasteiger partial charge in [-0.25, -0.2) is 4.98 Å². The smallest absolute Gasteiger partial charge is 0.128 e. The molecule has 0 aliphatic heterocycles. The van der Waals surface area contributed by atoms with Crippen molar-refractivity contribution in [2.75, 3.05) is 19.0 Å². The molecule has 0 unspecified atom stereocenters. The summed E-state index contributed by atoms with van der Waals surface area (Å²) < 4.78 is 1.11. The molecule has 3 nitrogen and oxygen atoms in total. The van der Waals surface area contributed by atoms with Gasteiger partial charge in [-0.3, -0.25) is 0 Å². The normalized spacial score (nSPS) is 10.5. The Bertz CT molecular complexity index is 525. The average Bonchev–Trinajstić information content (AvgIpc) is 2.40. The van der Waals surface area contributed by atoms with Crippen LogP contribution in [0.15, 0.2) is 47.1 Å². The van der Waals surface area contributed by atoms with Gasteiger partial charge >= 0.3 is 0 Å². The third-order valence-electron chi connectivity index (χ3n) is 2.89. The number of hydrogen-bond donors (Lipinski definition) is 1. The van der Waals surface area contributed by atoms with Crippen molar-refractivity contribution in [1.82, 2.24) is 10.3 Å². The van der Waals surface area contributed by atoms with Crippen LogP contribution < -0.4 is 10.2 Å². The summed E-state index contributed by atoms with van der Waals surface area (Å²) in [5, 5.41) is 3.12. The van der Waals surface area contributed by atoms with Crippen molar-refractivity contribution >= 4 is 21.7 Å². The number of hydrogen-bond acceptors (Lipinski definition) is 3. The molecule has 0 bridgehead atoms. The highest BCUT2D eigenvalue weighted by molar-refractivity contribution is 9.10. The van der Waals surface area contributed by atoms with Gasteiger partial charge < -0.3 is 10.2 Å². The molecule has 1 aromatic carbocycles. The van der Waals surface area contributed by atoms with Crippen LogP contribution in [-0.4, -0.2) is 19.1 Å². The van der Waals surface area contributed by atoms with E-state index in [0.29, 0.717) is 0 Å². The van der Waals surface area contributed by atoms with Crippen LogP contribution in [0.5, 0.6) is 0 Å². The first-order valence-corrected chi connectivity index (χ1v) is 7.03. The summed E-state index contributed by atoms with van der Waals surface area (Å²) in [6.45, 7) is 1.69. The maximum Gasteiger partial charge on any atom is 0.128 e. The maximum absolute atomic E-state index is 4.49. The van der Waals surface area contributed by atoms with Crippen LogP contribution in [0.1, 0.15) is 11.1 Å². The molecule has 100 valence electrons. The number of benzene rings is 1. The van der Waals surface area contributed by atoms with E-state index in [4.69, 9.17) is 0 Å². The lowest BCUT2D eigenvalue weighted by molar-refractivity contribution is 0.810. The third-order valence-corrected chi connectivity index (χ3v) is 3.38. The average molecular weight is 320 g/mol. The molecule has 1 heterocycles. The van der Waals surface area contributed by atoms with E-state index in [1.807, 2.05) is 19.3 Å². The minimum atomic E-state index is 0.845. The standard InChI is InChI=1S/C15H18BrN3/c1-17-9-13-6-7-15(18-10-13)19(2)11-12-4-3-5-14(16)8-12/h3-8,10,17H,9,11H2,1-2H3. The van der Waals surface area contributed by atoms with Crippen LogP contribution >= 0.6 is 15.9 Å². The van der Waals surface area contributed by atoms with Gasteiger partial charge in [0.05, 0.1) is 0 Å². The van der Waals surface area contributed by atoms with E-state index >= 15 is 0 Å². The first-order chi connectivity index (χ1) is 9.19. The van der Waals surface area contributed by atoms with Crippen LogP contribution in [0.4, 0.5) is 5.82 Å². The Balaban J connectivity index is 2.05. The van der Waals surface area contributed by atoms with E-state index in [1.165, 1.54) is 11.1 Å². The predicted octanol–water partition coefficient (Wildman–Crippen LogP) is 3.20. The number of rotatable bonds is 5. The first-order valence-electron chi connectivity index (χ1n) is 6.24. The second-order valence-electron chi connectivity index (χ2n) is 4.54. The summed E-state index contributed by atoms with van der Waals surface area (Å²) in [5.74, 6) is 0.986. The molecule has 0 atom stereocenters. The molecule has 0 saturated heterocycles. The molecule has 0 aliphatic rings. The Kier molecular flexibility index (Phi) is 4.93. The highest BCUT2D eigenvalue weighted by atomic mass is 79.9. The quantitative estimate of drug-likeness (QED) is 0.917. The fourth-order valence-corrected chi connectivity index (χ4v) is 2.39. The van der Waals surface area contributed by atoms with Gasteiger partial charge in [0.2, 0.25) is 0 Å². The van der Waals surface area contributed by atoms with Crippen LogP contribution in [-0.2, 0) is 13.1 Å². The number of halogens is 1. The number of nitrogens with zero attached hydrogens (tertiary/aromatic N) is 2. The maximum atomic E-state index is 4.49. The lowest BCUT2D eigenvalue weighted by Gasteiger charge is -2.18. The molecule has 0 radical (unpaired) electrons. The summed E-state index contributed by atoms with van der Waals surface area (Å²) in [5.41, 5.74) is 2.46. The zero-order valence-corrected chi connectivity index (χ0v) is 12.8. The van der Waals surface area contributed by atoms with Gasteiger partial charge in [-0.15, -0.1) is 0 Å². The van der Waals surface area contributed by atoms with Crippen molar-refractivity contribution in [3.05, 3.63) is 58.2 Å². The molecule has 2 rings (SSSR count). The summed E-state index contributed by atoms with van der Waals surface area (Å²) >= 11 is 3.49. The number of pyridine rings is 1. The first kappa shape index (κ1) is 14.0. The molecular weight excluding hydrogens is 302 g/mol. The topological polar surface area (TPSA) is 28.2 Å². The summed E-state index contributed by atoms with van der Waals surface area (Å²) in [7, 11) is 3.99. The zero-order valence-electron chi connectivity index (χ0n) is 11.2. The van der Waals surface area contributed by atoms with Crippen LogP contribution in [0.25, 0.3) is 0 Å². The molecule has 4 heteroatoms. The highest BCUT2D eigenvalue weighted by Crippen LogP contribution is 2.16. The van der Waals surface area contributed by atoms with Gasteiger partial charge in [-0.1, -0.05) is 34.1 Å². The Labute approximate surface area is 122 Å². The molecule has 0 saturated carbocycles. The molecule has 0 spiro atoms. The van der Waals surface area contributed by atoms with Gasteiger partial charge in [-0.2, -0.15) is 0 Å². The minimum absolute atomic E-state index is 0.845. The van der Waals surface area contributed by atoms with Crippen molar-refractivity contribution in [3.8, 4) is 0 Å². The summed E-state index contributed by atoms with van der Waals surface area (Å²) in [4.78, 5) is 6.63. The van der Waals surface area contributed by atoms with Crippen molar-refractivity contribution in [2.45, 2.75) is 13.1 Å². The van der Waals surface area contributed by atoms with Crippen LogP contribution in [0.2, 0.25) is 0 Å². The fourth-order valence-electron chi connectivity index (χ4n) is 1.94. The molecule has 0 fully saturated rings. The Morgan fingerprint density at radius 2 is 2.05 bits per heavy atom. The molecule has 2 aromatic rings. The van der Waals surface area contributed by atoms with Gasteiger partial charge in [-0.05, 0) is 36.4 Å². The number of anilines is 1. The molecule has 0 amide bonds. The second kappa shape index (κ2) is 6.68. The van der Waals surface area contributed by atoms with E-state index in [-0.39, 0.29) is 0 Å². The predicted molar refractivity (Wildman–Crippen MR) is 83.2 cm³/mol. The minimum Gasteiger partial charge on any atom is -0.355 e. The number of aromatic nitrogens is 1. The lowest BCUT2D eigenvalue weighted by atomic mass is 10.2. The SMILES string of the molecule is CNCc1ccc(N(C)Cc2cccc(Br)c2)nc1. The van der Waals surface area contributed by atoms with Gasteiger partial charge in [0.15, 0.2) is 0 Å². The van der Waals surface area contributed by atoms with E-state index in [0.717, 1.165) is 23.4 Å².